The standard InChI is InChI=1S/C12H18N4O2/c17-12(18)10-8-13-9-15-11(10)14-4-7-16-5-2-1-3-6-16/h8-9H,1-7H2,(H,17,18)(H,13,14,15). The van der Waals surface area contributed by atoms with Gasteiger partial charge in [-0.25, -0.2) is 14.8 Å². The van der Waals surface area contributed by atoms with E-state index in [1.54, 1.807) is 0 Å². The van der Waals surface area contributed by atoms with E-state index in [1.807, 2.05) is 0 Å². The molecule has 0 spiro atoms. The van der Waals surface area contributed by atoms with E-state index in [0.717, 1.165) is 19.6 Å². The quantitative estimate of drug-likeness (QED) is 0.814. The second-order valence-corrected chi connectivity index (χ2v) is 4.42. The molecule has 1 aliphatic rings. The number of hydrogen-bond donors (Lipinski definition) is 2. The van der Waals surface area contributed by atoms with Crippen molar-refractivity contribution in [2.24, 2.45) is 0 Å². The summed E-state index contributed by atoms with van der Waals surface area (Å²) in [5.74, 6) is -0.606. The number of hydrogen-bond acceptors (Lipinski definition) is 5. The average molecular weight is 250 g/mol. The number of carboxylic acids is 1. The van der Waals surface area contributed by atoms with Gasteiger partial charge in [0.25, 0.3) is 0 Å². The number of anilines is 1. The van der Waals surface area contributed by atoms with Crippen molar-refractivity contribution in [2.45, 2.75) is 19.3 Å². The van der Waals surface area contributed by atoms with E-state index in [1.165, 1.54) is 31.8 Å². The van der Waals surface area contributed by atoms with Crippen molar-refractivity contribution >= 4 is 11.8 Å². The maximum absolute atomic E-state index is 11.0. The number of likely N-dealkylation sites (tertiary alicyclic amines) is 1. The first-order chi connectivity index (χ1) is 8.77. The van der Waals surface area contributed by atoms with Crippen molar-refractivity contribution in [1.82, 2.24) is 14.9 Å². The summed E-state index contributed by atoms with van der Waals surface area (Å²) in [5, 5.41) is 12.1. The number of nitrogens with zero attached hydrogens (tertiary/aromatic N) is 3. The van der Waals surface area contributed by atoms with Crippen molar-refractivity contribution in [2.75, 3.05) is 31.5 Å². The molecule has 6 heteroatoms. The summed E-state index contributed by atoms with van der Waals surface area (Å²) in [7, 11) is 0. The normalized spacial score (nSPS) is 16.4. The molecular formula is C12H18N4O2. The predicted molar refractivity (Wildman–Crippen MR) is 67.8 cm³/mol. The van der Waals surface area contributed by atoms with Crippen molar-refractivity contribution in [3.8, 4) is 0 Å². The molecular weight excluding hydrogens is 232 g/mol. The van der Waals surface area contributed by atoms with Gasteiger partial charge in [-0.1, -0.05) is 6.42 Å². The molecule has 0 bridgehead atoms. The van der Waals surface area contributed by atoms with Crippen molar-refractivity contribution in [3.05, 3.63) is 18.1 Å². The minimum absolute atomic E-state index is 0.121. The molecule has 1 fully saturated rings. The Labute approximate surface area is 106 Å². The highest BCUT2D eigenvalue weighted by atomic mass is 16.4. The van der Waals surface area contributed by atoms with Crippen LogP contribution in [0.2, 0.25) is 0 Å². The summed E-state index contributed by atoms with van der Waals surface area (Å²) in [6.07, 6.45) is 6.51. The minimum Gasteiger partial charge on any atom is -0.477 e. The van der Waals surface area contributed by atoms with E-state index in [9.17, 15) is 4.79 Å². The van der Waals surface area contributed by atoms with Gasteiger partial charge < -0.3 is 15.3 Å². The predicted octanol–water partition coefficient (Wildman–Crippen LogP) is 1.07. The summed E-state index contributed by atoms with van der Waals surface area (Å²) >= 11 is 0. The lowest BCUT2D eigenvalue weighted by molar-refractivity contribution is 0.0697. The van der Waals surface area contributed by atoms with Crippen LogP contribution in [0.15, 0.2) is 12.5 Å². The fourth-order valence-electron chi connectivity index (χ4n) is 2.14. The van der Waals surface area contributed by atoms with E-state index >= 15 is 0 Å². The van der Waals surface area contributed by atoms with Gasteiger partial charge in [0.2, 0.25) is 0 Å². The van der Waals surface area contributed by atoms with Crippen molar-refractivity contribution < 1.29 is 9.90 Å². The second-order valence-electron chi connectivity index (χ2n) is 4.42. The molecule has 18 heavy (non-hydrogen) atoms. The van der Waals surface area contributed by atoms with Crippen LogP contribution in [0.3, 0.4) is 0 Å². The Kier molecular flexibility index (Phi) is 4.46. The Bertz CT molecular complexity index is 405. The molecule has 1 aromatic rings. The largest absolute Gasteiger partial charge is 0.477 e. The highest BCUT2D eigenvalue weighted by Crippen LogP contribution is 2.10. The van der Waals surface area contributed by atoms with Gasteiger partial charge in [0, 0.05) is 19.3 Å². The van der Waals surface area contributed by atoms with Gasteiger partial charge in [-0.05, 0) is 25.9 Å². The third-order valence-corrected chi connectivity index (χ3v) is 3.11. The maximum atomic E-state index is 11.0. The number of aromatic nitrogens is 2. The summed E-state index contributed by atoms with van der Waals surface area (Å²) in [6, 6.07) is 0. The van der Waals surface area contributed by atoms with E-state index in [4.69, 9.17) is 5.11 Å². The van der Waals surface area contributed by atoms with Gasteiger partial charge in [0.05, 0.1) is 0 Å². The van der Waals surface area contributed by atoms with Crippen LogP contribution in [0.4, 0.5) is 5.82 Å². The Morgan fingerprint density at radius 1 is 1.39 bits per heavy atom. The van der Waals surface area contributed by atoms with E-state index < -0.39 is 5.97 Å². The Morgan fingerprint density at radius 2 is 2.17 bits per heavy atom. The molecule has 1 aromatic heterocycles. The van der Waals surface area contributed by atoms with Crippen LogP contribution in [0.5, 0.6) is 0 Å². The molecule has 1 aliphatic heterocycles. The lowest BCUT2D eigenvalue weighted by Gasteiger charge is -2.26. The zero-order chi connectivity index (χ0) is 12.8. The Morgan fingerprint density at radius 3 is 2.89 bits per heavy atom. The van der Waals surface area contributed by atoms with E-state index in [0.29, 0.717) is 12.4 Å². The molecule has 0 radical (unpaired) electrons. The number of aromatic carboxylic acids is 1. The molecule has 6 nitrogen and oxygen atoms in total. The highest BCUT2D eigenvalue weighted by Gasteiger charge is 2.12. The molecule has 2 N–H and O–H groups in total. The fraction of sp³-hybridized carbons (Fsp3) is 0.583. The zero-order valence-corrected chi connectivity index (χ0v) is 10.3. The lowest BCUT2D eigenvalue weighted by Crippen LogP contribution is -2.34. The number of piperidine rings is 1. The van der Waals surface area contributed by atoms with Gasteiger partial charge in [-0.3, -0.25) is 0 Å². The third-order valence-electron chi connectivity index (χ3n) is 3.11. The van der Waals surface area contributed by atoms with Gasteiger partial charge >= 0.3 is 5.97 Å². The van der Waals surface area contributed by atoms with Gasteiger partial charge in [0.15, 0.2) is 0 Å². The van der Waals surface area contributed by atoms with Crippen LogP contribution in [0.25, 0.3) is 0 Å². The van der Waals surface area contributed by atoms with E-state index in [-0.39, 0.29) is 5.56 Å². The third kappa shape index (κ3) is 3.40. The fourth-order valence-corrected chi connectivity index (χ4v) is 2.14. The minimum atomic E-state index is -1.00. The van der Waals surface area contributed by atoms with Gasteiger partial charge in [-0.2, -0.15) is 0 Å². The topological polar surface area (TPSA) is 78.3 Å². The first-order valence-corrected chi connectivity index (χ1v) is 6.27. The van der Waals surface area contributed by atoms with Crippen molar-refractivity contribution in [3.63, 3.8) is 0 Å². The SMILES string of the molecule is O=C(O)c1cncnc1NCCN1CCCCC1. The molecule has 2 rings (SSSR count). The molecule has 0 aromatic carbocycles. The van der Waals surface area contributed by atoms with Crippen LogP contribution in [0, 0.1) is 0 Å². The van der Waals surface area contributed by atoms with Crippen LogP contribution in [-0.4, -0.2) is 52.1 Å². The lowest BCUT2D eigenvalue weighted by atomic mass is 10.1. The number of carboxylic acid groups (broad SMARTS) is 1. The van der Waals surface area contributed by atoms with Gasteiger partial charge in [0.1, 0.15) is 17.7 Å². The average Bonchev–Trinajstić information content (AvgIpc) is 2.40. The Balaban J connectivity index is 1.84. The van der Waals surface area contributed by atoms with Crippen molar-refractivity contribution in [1.29, 1.82) is 0 Å². The van der Waals surface area contributed by atoms with Gasteiger partial charge in [-0.15, -0.1) is 0 Å². The smallest absolute Gasteiger partial charge is 0.341 e. The summed E-state index contributed by atoms with van der Waals surface area (Å²) in [6.45, 7) is 3.90. The molecule has 0 aliphatic carbocycles. The molecule has 0 saturated carbocycles. The van der Waals surface area contributed by atoms with Crippen LogP contribution < -0.4 is 5.32 Å². The second kappa shape index (κ2) is 6.30. The summed E-state index contributed by atoms with van der Waals surface area (Å²) in [4.78, 5) is 21.0. The number of rotatable bonds is 5. The molecule has 0 amide bonds. The zero-order valence-electron chi connectivity index (χ0n) is 10.3. The van der Waals surface area contributed by atoms with Crippen LogP contribution >= 0.6 is 0 Å². The number of nitrogens with one attached hydrogen (secondary N) is 1. The first-order valence-electron chi connectivity index (χ1n) is 6.27. The Hall–Kier alpha value is -1.69. The van der Waals surface area contributed by atoms with Crippen LogP contribution in [-0.2, 0) is 0 Å². The summed E-state index contributed by atoms with van der Waals surface area (Å²) in [5.41, 5.74) is 0.121. The first kappa shape index (κ1) is 12.8. The monoisotopic (exact) mass is 250 g/mol. The molecule has 98 valence electrons. The molecule has 0 atom stereocenters. The molecule has 2 heterocycles. The van der Waals surface area contributed by atoms with E-state index in [2.05, 4.69) is 20.2 Å². The van der Waals surface area contributed by atoms with Crippen LogP contribution in [0.1, 0.15) is 29.6 Å². The maximum Gasteiger partial charge on any atom is 0.341 e. The summed E-state index contributed by atoms with van der Waals surface area (Å²) < 4.78 is 0. The molecule has 1 saturated heterocycles. The number of carbonyl (C=O) groups is 1. The highest BCUT2D eigenvalue weighted by molar-refractivity contribution is 5.92. The molecule has 0 unspecified atom stereocenters.